The van der Waals surface area contributed by atoms with E-state index in [0.717, 1.165) is 4.90 Å². The minimum Gasteiger partial charge on any atom is -0.494 e. The van der Waals surface area contributed by atoms with Crippen LogP contribution in [0, 0.1) is 5.82 Å². The molecular formula is C19H17BrFNO4S. The number of benzene rings is 2. The minimum atomic E-state index is -1.06. The Bertz CT molecular complexity index is 892. The highest BCUT2D eigenvalue weighted by Gasteiger charge is 2.35. The smallest absolute Gasteiger partial charge is 0.305 e. The van der Waals surface area contributed by atoms with E-state index in [1.165, 1.54) is 22.7 Å². The highest BCUT2D eigenvalue weighted by atomic mass is 79.9. The maximum absolute atomic E-state index is 14.3. The van der Waals surface area contributed by atoms with Crippen molar-refractivity contribution >= 4 is 45.3 Å². The molecule has 1 aliphatic rings. The average molecular weight is 454 g/mol. The molecule has 27 heavy (non-hydrogen) atoms. The zero-order valence-corrected chi connectivity index (χ0v) is 16.8. The van der Waals surface area contributed by atoms with E-state index in [2.05, 4.69) is 15.9 Å². The van der Waals surface area contributed by atoms with E-state index in [-0.39, 0.29) is 18.9 Å². The number of hydrogen-bond acceptors (Lipinski definition) is 4. The van der Waals surface area contributed by atoms with Gasteiger partial charge in [0.25, 0.3) is 0 Å². The largest absolute Gasteiger partial charge is 0.494 e. The first kappa shape index (κ1) is 19.7. The maximum Gasteiger partial charge on any atom is 0.305 e. The van der Waals surface area contributed by atoms with Gasteiger partial charge in [0.2, 0.25) is 5.91 Å². The predicted octanol–water partition coefficient (Wildman–Crippen LogP) is 4.47. The van der Waals surface area contributed by atoms with Crippen LogP contribution in [0.3, 0.4) is 0 Å². The molecule has 0 spiro atoms. The van der Waals surface area contributed by atoms with Gasteiger partial charge in [-0.15, -0.1) is 11.8 Å². The Morgan fingerprint density at radius 2 is 2.11 bits per heavy atom. The lowest BCUT2D eigenvalue weighted by Crippen LogP contribution is -2.41. The minimum absolute atomic E-state index is 0.0234. The summed E-state index contributed by atoms with van der Waals surface area (Å²) >= 11 is 4.42. The first-order valence-electron chi connectivity index (χ1n) is 8.29. The fourth-order valence-electron chi connectivity index (χ4n) is 2.84. The number of thioether (sulfide) groups is 1. The van der Waals surface area contributed by atoms with Gasteiger partial charge in [-0.05, 0) is 37.3 Å². The summed E-state index contributed by atoms with van der Waals surface area (Å²) < 4.78 is 20.4. The molecular weight excluding hydrogens is 437 g/mol. The third-order valence-electron chi connectivity index (χ3n) is 4.05. The van der Waals surface area contributed by atoms with E-state index >= 15 is 0 Å². The Kier molecular flexibility index (Phi) is 6.06. The van der Waals surface area contributed by atoms with Crippen molar-refractivity contribution in [2.45, 2.75) is 30.0 Å². The zero-order chi connectivity index (χ0) is 19.6. The average Bonchev–Trinajstić information content (AvgIpc) is 2.60. The van der Waals surface area contributed by atoms with Crippen LogP contribution in [0.5, 0.6) is 5.75 Å². The molecule has 142 valence electrons. The second-order valence-electron chi connectivity index (χ2n) is 5.93. The number of fused-ring (bicyclic) bond motifs is 1. The van der Waals surface area contributed by atoms with Gasteiger partial charge in [0.05, 0.1) is 30.5 Å². The van der Waals surface area contributed by atoms with Crippen molar-refractivity contribution in [1.82, 2.24) is 0 Å². The number of rotatable bonds is 6. The molecule has 2 aromatic rings. The molecule has 0 aliphatic carbocycles. The number of halogens is 2. The number of carbonyl (C=O) groups excluding carboxylic acids is 1. The van der Waals surface area contributed by atoms with Crippen LogP contribution in [0.15, 0.2) is 45.8 Å². The molecule has 1 atom stereocenters. The summed E-state index contributed by atoms with van der Waals surface area (Å²) in [6.07, 6.45) is -0.304. The third-order valence-corrected chi connectivity index (χ3v) is 5.77. The van der Waals surface area contributed by atoms with Gasteiger partial charge in [-0.2, -0.15) is 0 Å². The fraction of sp³-hybridized carbons (Fsp3) is 0.263. The number of nitrogens with zero attached hydrogens (tertiary/aromatic N) is 1. The van der Waals surface area contributed by atoms with Crippen molar-refractivity contribution in [3.05, 3.63) is 52.3 Å². The molecule has 0 saturated carbocycles. The molecule has 1 unspecified atom stereocenters. The molecule has 0 bridgehead atoms. The number of carboxylic acid groups (broad SMARTS) is 1. The lowest BCUT2D eigenvalue weighted by Gasteiger charge is -2.33. The lowest BCUT2D eigenvalue weighted by atomic mass is 10.1. The number of aliphatic carboxylic acids is 1. The van der Waals surface area contributed by atoms with Crippen molar-refractivity contribution in [3.63, 3.8) is 0 Å². The van der Waals surface area contributed by atoms with Crippen molar-refractivity contribution in [1.29, 1.82) is 0 Å². The molecule has 0 radical (unpaired) electrons. The Morgan fingerprint density at radius 1 is 1.33 bits per heavy atom. The molecule has 1 aliphatic heterocycles. The van der Waals surface area contributed by atoms with Gasteiger partial charge in [0, 0.05) is 14.9 Å². The summed E-state index contributed by atoms with van der Waals surface area (Å²) in [4.78, 5) is 26.3. The van der Waals surface area contributed by atoms with Crippen LogP contribution in [-0.2, 0) is 16.1 Å². The van der Waals surface area contributed by atoms with Crippen LogP contribution in [-0.4, -0.2) is 28.8 Å². The van der Waals surface area contributed by atoms with Gasteiger partial charge in [-0.3, -0.25) is 9.59 Å². The van der Waals surface area contributed by atoms with Gasteiger partial charge in [0.15, 0.2) is 0 Å². The first-order valence-corrected chi connectivity index (χ1v) is 9.97. The van der Waals surface area contributed by atoms with Crippen LogP contribution in [0.2, 0.25) is 0 Å². The summed E-state index contributed by atoms with van der Waals surface area (Å²) in [6, 6.07) is 9.93. The highest BCUT2D eigenvalue weighted by Crippen LogP contribution is 2.43. The SMILES string of the molecule is CCOc1ccc2c(c1)SC(CC(=O)O)C(=O)N2Cc1ccc(Br)cc1F. The first-order chi connectivity index (χ1) is 12.9. The van der Waals surface area contributed by atoms with Gasteiger partial charge in [-0.1, -0.05) is 22.0 Å². The molecule has 0 aromatic heterocycles. The molecule has 0 saturated heterocycles. The number of hydrogen-bond donors (Lipinski definition) is 1. The van der Waals surface area contributed by atoms with E-state index in [1.54, 1.807) is 30.3 Å². The highest BCUT2D eigenvalue weighted by molar-refractivity contribution is 9.10. The van der Waals surface area contributed by atoms with Crippen molar-refractivity contribution < 1.29 is 23.8 Å². The number of anilines is 1. The molecule has 1 N–H and O–H groups in total. The molecule has 0 fully saturated rings. The molecule has 2 aromatic carbocycles. The second kappa shape index (κ2) is 8.31. The standard InChI is InChI=1S/C19H17BrFNO4S/c1-2-26-13-5-6-15-16(8-13)27-17(9-18(23)24)19(25)22(15)10-11-3-4-12(20)7-14(11)21/h3-8,17H,2,9-10H2,1H3,(H,23,24). The Hall–Kier alpha value is -2.06. The molecule has 5 nitrogen and oxygen atoms in total. The number of carbonyl (C=O) groups is 2. The third kappa shape index (κ3) is 4.44. The molecule has 3 rings (SSSR count). The fourth-order valence-corrected chi connectivity index (χ4v) is 4.41. The van der Waals surface area contributed by atoms with E-state index in [0.29, 0.717) is 28.1 Å². The van der Waals surface area contributed by atoms with E-state index in [1.807, 2.05) is 6.92 Å². The quantitative estimate of drug-likeness (QED) is 0.698. The number of ether oxygens (including phenoxy) is 1. The van der Waals surface area contributed by atoms with E-state index in [9.17, 15) is 14.0 Å². The molecule has 1 amide bonds. The normalized spacial score (nSPS) is 16.2. The van der Waals surface area contributed by atoms with Gasteiger partial charge >= 0.3 is 5.97 Å². The van der Waals surface area contributed by atoms with Gasteiger partial charge < -0.3 is 14.7 Å². The molecule has 8 heteroatoms. The van der Waals surface area contributed by atoms with Crippen LogP contribution >= 0.6 is 27.7 Å². The summed E-state index contributed by atoms with van der Waals surface area (Å²) in [6.45, 7) is 2.39. The van der Waals surface area contributed by atoms with Gasteiger partial charge in [-0.25, -0.2) is 4.39 Å². The summed E-state index contributed by atoms with van der Waals surface area (Å²) in [5, 5.41) is 8.37. The van der Waals surface area contributed by atoms with Crippen LogP contribution in [0.1, 0.15) is 18.9 Å². The van der Waals surface area contributed by atoms with Crippen LogP contribution < -0.4 is 9.64 Å². The lowest BCUT2D eigenvalue weighted by molar-refractivity contribution is -0.138. The van der Waals surface area contributed by atoms with Crippen LogP contribution in [0.4, 0.5) is 10.1 Å². The number of carboxylic acids is 1. The topological polar surface area (TPSA) is 66.8 Å². The number of amides is 1. The maximum atomic E-state index is 14.3. The Labute approximate surface area is 168 Å². The Balaban J connectivity index is 1.99. The van der Waals surface area contributed by atoms with Crippen molar-refractivity contribution in [2.24, 2.45) is 0 Å². The summed E-state index contributed by atoms with van der Waals surface area (Å²) in [5.41, 5.74) is 0.977. The van der Waals surface area contributed by atoms with E-state index < -0.39 is 17.0 Å². The van der Waals surface area contributed by atoms with Crippen molar-refractivity contribution in [2.75, 3.05) is 11.5 Å². The van der Waals surface area contributed by atoms with E-state index in [4.69, 9.17) is 9.84 Å². The van der Waals surface area contributed by atoms with Gasteiger partial charge in [0.1, 0.15) is 11.6 Å². The monoisotopic (exact) mass is 453 g/mol. The second-order valence-corrected chi connectivity index (χ2v) is 8.09. The van der Waals surface area contributed by atoms with Crippen molar-refractivity contribution in [3.8, 4) is 5.75 Å². The molecule has 1 heterocycles. The zero-order valence-electron chi connectivity index (χ0n) is 14.4. The summed E-state index contributed by atoms with van der Waals surface area (Å²) in [5.74, 6) is -1.19. The van der Waals surface area contributed by atoms with Crippen LogP contribution in [0.25, 0.3) is 0 Å². The predicted molar refractivity (Wildman–Crippen MR) is 105 cm³/mol. The summed E-state index contributed by atoms with van der Waals surface area (Å²) in [7, 11) is 0. The Morgan fingerprint density at radius 3 is 2.78 bits per heavy atom.